The summed E-state index contributed by atoms with van der Waals surface area (Å²) in [7, 11) is 0. The molecule has 1 aromatic carbocycles. The Hall–Kier alpha value is -1.08. The van der Waals surface area contributed by atoms with Crippen LogP contribution in [0.25, 0.3) is 0 Å². The number of amides is 1. The van der Waals surface area contributed by atoms with E-state index in [4.69, 9.17) is 14.6 Å². The summed E-state index contributed by atoms with van der Waals surface area (Å²) in [6.07, 6.45) is 2.51. The van der Waals surface area contributed by atoms with Crippen LogP contribution in [-0.2, 0) is 9.47 Å². The molecule has 0 aliphatic carbocycles. The zero-order valence-electron chi connectivity index (χ0n) is 12.1. The Kier molecular flexibility index (Phi) is 6.50. The van der Waals surface area contributed by atoms with Gasteiger partial charge in [-0.05, 0) is 36.9 Å². The Morgan fingerprint density at radius 2 is 2.24 bits per heavy atom. The minimum atomic E-state index is -0.208. The van der Waals surface area contributed by atoms with Crippen molar-refractivity contribution in [1.29, 1.82) is 0 Å². The van der Waals surface area contributed by atoms with E-state index in [1.54, 1.807) is 11.8 Å². The van der Waals surface area contributed by atoms with Crippen molar-refractivity contribution in [3.63, 3.8) is 0 Å². The SMILES string of the molecule is CSc1ccc(C(=O)N[C@@H]2CCOC[C@H]2OCCO)cc1. The summed E-state index contributed by atoms with van der Waals surface area (Å²) in [5.41, 5.74) is 0.639. The molecule has 2 rings (SSSR count). The third kappa shape index (κ3) is 4.71. The highest BCUT2D eigenvalue weighted by atomic mass is 32.2. The number of ether oxygens (including phenoxy) is 2. The van der Waals surface area contributed by atoms with E-state index in [2.05, 4.69) is 5.32 Å². The van der Waals surface area contributed by atoms with Crippen LogP contribution < -0.4 is 5.32 Å². The molecule has 5 nitrogen and oxygen atoms in total. The summed E-state index contributed by atoms with van der Waals surface area (Å²) in [6.45, 7) is 1.27. The zero-order chi connectivity index (χ0) is 15.1. The van der Waals surface area contributed by atoms with Gasteiger partial charge in [0.05, 0.1) is 25.9 Å². The van der Waals surface area contributed by atoms with E-state index in [1.807, 2.05) is 30.5 Å². The number of hydrogen-bond acceptors (Lipinski definition) is 5. The van der Waals surface area contributed by atoms with Crippen LogP contribution in [0.5, 0.6) is 0 Å². The second-order valence-electron chi connectivity index (χ2n) is 4.80. The standard InChI is InChI=1S/C15H21NO4S/c1-21-12-4-2-11(3-5-12)15(18)16-13-6-8-19-10-14(13)20-9-7-17/h2-5,13-14,17H,6-10H2,1H3,(H,16,18)/t13-,14-/m1/s1. The van der Waals surface area contributed by atoms with Gasteiger partial charge in [-0.3, -0.25) is 4.79 Å². The Bertz CT molecular complexity index is 451. The van der Waals surface area contributed by atoms with Gasteiger partial charge in [-0.25, -0.2) is 0 Å². The molecule has 1 fully saturated rings. The Morgan fingerprint density at radius 3 is 2.90 bits per heavy atom. The van der Waals surface area contributed by atoms with E-state index < -0.39 is 0 Å². The van der Waals surface area contributed by atoms with E-state index >= 15 is 0 Å². The molecule has 21 heavy (non-hydrogen) atoms. The molecule has 2 atom stereocenters. The lowest BCUT2D eigenvalue weighted by molar-refractivity contribution is -0.0737. The smallest absolute Gasteiger partial charge is 0.251 e. The van der Waals surface area contributed by atoms with Crippen molar-refractivity contribution in [2.45, 2.75) is 23.5 Å². The highest BCUT2D eigenvalue weighted by Gasteiger charge is 2.28. The summed E-state index contributed by atoms with van der Waals surface area (Å²) < 4.78 is 10.9. The predicted molar refractivity (Wildman–Crippen MR) is 81.7 cm³/mol. The van der Waals surface area contributed by atoms with Crippen LogP contribution in [0, 0.1) is 0 Å². The Morgan fingerprint density at radius 1 is 1.48 bits per heavy atom. The summed E-state index contributed by atoms with van der Waals surface area (Å²) in [5, 5.41) is 11.8. The topological polar surface area (TPSA) is 67.8 Å². The number of thioether (sulfide) groups is 1. The van der Waals surface area contributed by atoms with Gasteiger partial charge >= 0.3 is 0 Å². The highest BCUT2D eigenvalue weighted by molar-refractivity contribution is 7.98. The molecule has 1 aliphatic rings. The maximum Gasteiger partial charge on any atom is 0.251 e. The number of carbonyl (C=O) groups is 1. The second-order valence-corrected chi connectivity index (χ2v) is 5.68. The number of aliphatic hydroxyl groups is 1. The van der Waals surface area contributed by atoms with E-state index in [9.17, 15) is 4.79 Å². The third-order valence-electron chi connectivity index (χ3n) is 3.40. The highest BCUT2D eigenvalue weighted by Crippen LogP contribution is 2.16. The number of nitrogens with one attached hydrogen (secondary N) is 1. The molecule has 0 saturated carbocycles. The first-order valence-corrected chi connectivity index (χ1v) is 8.22. The second kappa shape index (κ2) is 8.38. The molecule has 0 unspecified atom stereocenters. The average Bonchev–Trinajstić information content (AvgIpc) is 2.54. The van der Waals surface area contributed by atoms with Gasteiger partial charge in [-0.15, -0.1) is 11.8 Å². The van der Waals surface area contributed by atoms with Crippen molar-refractivity contribution in [2.75, 3.05) is 32.7 Å². The number of rotatable bonds is 6. The van der Waals surface area contributed by atoms with Gasteiger partial charge in [-0.1, -0.05) is 0 Å². The fourth-order valence-electron chi connectivity index (χ4n) is 2.24. The van der Waals surface area contributed by atoms with Crippen LogP contribution >= 0.6 is 11.8 Å². The van der Waals surface area contributed by atoms with E-state index in [0.717, 1.165) is 4.90 Å². The van der Waals surface area contributed by atoms with Gasteiger partial charge in [0.2, 0.25) is 0 Å². The largest absolute Gasteiger partial charge is 0.394 e. The summed E-state index contributed by atoms with van der Waals surface area (Å²) in [4.78, 5) is 13.4. The van der Waals surface area contributed by atoms with E-state index in [-0.39, 0.29) is 31.3 Å². The molecule has 1 aliphatic heterocycles. The molecule has 1 heterocycles. The number of hydrogen-bond donors (Lipinski definition) is 2. The number of carbonyl (C=O) groups excluding carboxylic acids is 1. The Balaban J connectivity index is 1.95. The van der Waals surface area contributed by atoms with Crippen molar-refractivity contribution < 1.29 is 19.4 Å². The number of benzene rings is 1. The van der Waals surface area contributed by atoms with Crippen LogP contribution in [-0.4, -0.2) is 55.8 Å². The van der Waals surface area contributed by atoms with Gasteiger partial charge in [-0.2, -0.15) is 0 Å². The van der Waals surface area contributed by atoms with Crippen LogP contribution in [0.1, 0.15) is 16.8 Å². The molecule has 6 heteroatoms. The van der Waals surface area contributed by atoms with Gasteiger partial charge in [0.1, 0.15) is 6.10 Å². The van der Waals surface area contributed by atoms with Gasteiger partial charge in [0.25, 0.3) is 5.91 Å². The van der Waals surface area contributed by atoms with Gasteiger partial charge < -0.3 is 19.9 Å². The molecule has 0 bridgehead atoms. The van der Waals surface area contributed by atoms with Crippen molar-refractivity contribution in [2.24, 2.45) is 0 Å². The first-order valence-electron chi connectivity index (χ1n) is 6.99. The molecule has 1 amide bonds. The maximum atomic E-state index is 12.3. The van der Waals surface area contributed by atoms with Crippen LogP contribution in [0.3, 0.4) is 0 Å². The molecule has 0 aromatic heterocycles. The number of aliphatic hydroxyl groups excluding tert-OH is 1. The molecule has 116 valence electrons. The maximum absolute atomic E-state index is 12.3. The van der Waals surface area contributed by atoms with Crippen molar-refractivity contribution in [1.82, 2.24) is 5.32 Å². The molecule has 0 radical (unpaired) electrons. The first-order chi connectivity index (χ1) is 10.2. The zero-order valence-corrected chi connectivity index (χ0v) is 12.9. The minimum Gasteiger partial charge on any atom is -0.394 e. The molecule has 0 spiro atoms. The quantitative estimate of drug-likeness (QED) is 0.775. The summed E-state index contributed by atoms with van der Waals surface area (Å²) >= 11 is 1.64. The average molecular weight is 311 g/mol. The lowest BCUT2D eigenvalue weighted by Crippen LogP contribution is -2.50. The molecule has 1 aromatic rings. The predicted octanol–water partition coefficient (Wildman–Crippen LogP) is 1.30. The normalized spacial score (nSPS) is 22.0. The molecular weight excluding hydrogens is 290 g/mol. The summed E-state index contributed by atoms with van der Waals surface area (Å²) in [6, 6.07) is 7.43. The molecular formula is C15H21NO4S. The summed E-state index contributed by atoms with van der Waals surface area (Å²) in [5.74, 6) is -0.104. The van der Waals surface area contributed by atoms with Crippen molar-refractivity contribution >= 4 is 17.7 Å². The minimum absolute atomic E-state index is 0.0344. The first kappa shape index (κ1) is 16.3. The van der Waals surface area contributed by atoms with Crippen molar-refractivity contribution in [3.8, 4) is 0 Å². The lowest BCUT2D eigenvalue weighted by atomic mass is 10.1. The third-order valence-corrected chi connectivity index (χ3v) is 4.14. The lowest BCUT2D eigenvalue weighted by Gasteiger charge is -2.32. The van der Waals surface area contributed by atoms with E-state index in [1.165, 1.54) is 0 Å². The van der Waals surface area contributed by atoms with Crippen molar-refractivity contribution in [3.05, 3.63) is 29.8 Å². The van der Waals surface area contributed by atoms with Gasteiger partial charge in [0.15, 0.2) is 0 Å². The van der Waals surface area contributed by atoms with E-state index in [0.29, 0.717) is 25.2 Å². The monoisotopic (exact) mass is 311 g/mol. The van der Waals surface area contributed by atoms with Crippen LogP contribution in [0.2, 0.25) is 0 Å². The van der Waals surface area contributed by atoms with Crippen LogP contribution in [0.4, 0.5) is 0 Å². The molecule has 2 N–H and O–H groups in total. The fraction of sp³-hybridized carbons (Fsp3) is 0.533. The van der Waals surface area contributed by atoms with Gasteiger partial charge in [0, 0.05) is 17.1 Å². The van der Waals surface area contributed by atoms with Crippen LogP contribution in [0.15, 0.2) is 29.2 Å². The Labute approximate surface area is 129 Å². The molecule has 1 saturated heterocycles. The fourth-order valence-corrected chi connectivity index (χ4v) is 2.65.